The van der Waals surface area contributed by atoms with E-state index >= 15 is 0 Å². The van der Waals surface area contributed by atoms with Crippen molar-refractivity contribution in [3.8, 4) is 5.75 Å². The minimum atomic E-state index is -1.37. The van der Waals surface area contributed by atoms with Crippen molar-refractivity contribution in [2.45, 2.75) is 51.0 Å². The molecular weight excluding hydrogens is 498 g/mol. The number of nitrogens with one attached hydrogen (secondary N) is 1. The Labute approximate surface area is 216 Å². The molecule has 0 aliphatic carbocycles. The molecule has 0 saturated carbocycles. The van der Waals surface area contributed by atoms with Gasteiger partial charge >= 0.3 is 5.63 Å². The lowest BCUT2D eigenvalue weighted by Gasteiger charge is -2.46. The van der Waals surface area contributed by atoms with Gasteiger partial charge in [0.1, 0.15) is 35.3 Å². The Hall–Kier alpha value is -3.28. The number of rotatable bonds is 5. The molecule has 3 heterocycles. The molecule has 3 N–H and O–H groups in total. The summed E-state index contributed by atoms with van der Waals surface area (Å²) >= 11 is 1.34. The van der Waals surface area contributed by atoms with Gasteiger partial charge in [0.05, 0.1) is 10.5 Å². The maximum absolute atomic E-state index is 12.8. The van der Waals surface area contributed by atoms with Crippen LogP contribution in [0.15, 0.2) is 57.7 Å². The summed E-state index contributed by atoms with van der Waals surface area (Å²) in [5, 5.41) is 25.2. The molecule has 1 fully saturated rings. The van der Waals surface area contributed by atoms with Crippen molar-refractivity contribution >= 4 is 44.0 Å². The topological polar surface area (TPSA) is 127 Å². The van der Waals surface area contributed by atoms with Crippen molar-refractivity contribution in [1.29, 1.82) is 0 Å². The average Bonchev–Trinajstić information content (AvgIpc) is 3.30. The third-order valence-corrected chi connectivity index (χ3v) is 7.65. The molecule has 0 radical (unpaired) electrons. The number of aliphatic hydroxyl groups excluding tert-OH is 2. The third-order valence-electron chi connectivity index (χ3n) is 6.54. The fourth-order valence-corrected chi connectivity index (χ4v) is 5.59. The highest BCUT2D eigenvalue weighted by Gasteiger charge is 2.50. The van der Waals surface area contributed by atoms with Gasteiger partial charge < -0.3 is 34.2 Å². The van der Waals surface area contributed by atoms with Gasteiger partial charge in [-0.1, -0.05) is 18.2 Å². The molecule has 1 amide bonds. The van der Waals surface area contributed by atoms with E-state index in [1.165, 1.54) is 18.4 Å². The number of aliphatic hydroxyl groups is 2. The van der Waals surface area contributed by atoms with E-state index in [0.29, 0.717) is 21.6 Å². The third kappa shape index (κ3) is 4.62. The van der Waals surface area contributed by atoms with Crippen LogP contribution in [0, 0.1) is 6.92 Å². The largest absolute Gasteiger partial charge is 0.462 e. The Balaban J connectivity index is 1.40. The number of fused-ring (bicyclic) bond motifs is 2. The molecule has 5 rings (SSSR count). The fraction of sp³-hybridized carbons (Fsp3) is 0.333. The molecule has 4 aromatic rings. The standard InChI is InChI=1S/C27H27NO8S/c1-13-17(34-26-21(30)20(29)23(33-4)27(2,3)36-26)10-9-15-11-16(25(32)35-22(13)15)28-24(31)19-12-14-7-5-6-8-18(14)37-19/h5-12,20-21,23,26,29-30H,1-4H3,(H,28,31)/t20-,21+,23+,26+/m0/s1. The Morgan fingerprint density at radius 1 is 1.08 bits per heavy atom. The number of amides is 1. The van der Waals surface area contributed by atoms with Crippen LogP contribution in [0.1, 0.15) is 29.1 Å². The van der Waals surface area contributed by atoms with E-state index < -0.39 is 41.7 Å². The molecule has 0 bridgehead atoms. The summed E-state index contributed by atoms with van der Waals surface area (Å²) in [6.07, 6.45) is -4.53. The average molecular weight is 526 g/mol. The van der Waals surface area contributed by atoms with Crippen molar-refractivity contribution in [3.05, 3.63) is 69.4 Å². The van der Waals surface area contributed by atoms with Gasteiger partial charge in [-0.05, 0) is 56.5 Å². The zero-order chi connectivity index (χ0) is 26.5. The van der Waals surface area contributed by atoms with Gasteiger partial charge in [-0.15, -0.1) is 11.3 Å². The first-order chi connectivity index (χ1) is 17.6. The van der Waals surface area contributed by atoms with Crippen molar-refractivity contribution in [2.75, 3.05) is 12.4 Å². The van der Waals surface area contributed by atoms with Gasteiger partial charge in [0.15, 0.2) is 0 Å². The van der Waals surface area contributed by atoms with Crippen molar-refractivity contribution < 1.29 is 33.6 Å². The molecule has 1 aliphatic rings. The van der Waals surface area contributed by atoms with Crippen molar-refractivity contribution in [3.63, 3.8) is 0 Å². The van der Waals surface area contributed by atoms with Crippen molar-refractivity contribution in [1.82, 2.24) is 0 Å². The highest BCUT2D eigenvalue weighted by molar-refractivity contribution is 7.20. The quantitative estimate of drug-likeness (QED) is 0.336. The zero-order valence-corrected chi connectivity index (χ0v) is 21.5. The molecule has 37 heavy (non-hydrogen) atoms. The lowest BCUT2D eigenvalue weighted by molar-refractivity contribution is -0.306. The molecule has 9 nitrogen and oxygen atoms in total. The van der Waals surface area contributed by atoms with E-state index in [1.807, 2.05) is 24.3 Å². The first-order valence-corrected chi connectivity index (χ1v) is 12.5. The number of hydrogen-bond acceptors (Lipinski definition) is 9. The minimum Gasteiger partial charge on any atom is -0.462 e. The Morgan fingerprint density at radius 2 is 1.84 bits per heavy atom. The van der Waals surface area contributed by atoms with Gasteiger partial charge in [0, 0.05) is 22.8 Å². The maximum atomic E-state index is 12.8. The summed E-state index contributed by atoms with van der Waals surface area (Å²) in [4.78, 5) is 26.0. The normalized spacial score (nSPS) is 23.3. The smallest absolute Gasteiger partial charge is 0.360 e. The second-order valence-corrected chi connectivity index (χ2v) is 10.6. The first kappa shape index (κ1) is 25.4. The molecule has 10 heteroatoms. The van der Waals surface area contributed by atoms with E-state index in [1.54, 1.807) is 45.0 Å². The Kier molecular flexibility index (Phi) is 6.55. The highest BCUT2D eigenvalue weighted by atomic mass is 32.1. The molecular formula is C27H27NO8S. The number of ether oxygens (including phenoxy) is 3. The molecule has 4 atom stereocenters. The number of benzene rings is 2. The monoisotopic (exact) mass is 525 g/mol. The second-order valence-electron chi connectivity index (χ2n) is 9.50. The summed E-state index contributed by atoms with van der Waals surface area (Å²) in [7, 11) is 1.43. The number of methoxy groups -OCH3 is 1. The molecule has 2 aromatic carbocycles. The van der Waals surface area contributed by atoms with Crippen LogP contribution in [0.3, 0.4) is 0 Å². The minimum absolute atomic E-state index is 0.0181. The van der Waals surface area contributed by atoms with Gasteiger partial charge in [-0.25, -0.2) is 4.79 Å². The Morgan fingerprint density at radius 3 is 2.57 bits per heavy atom. The molecule has 1 aliphatic heterocycles. The molecule has 194 valence electrons. The summed E-state index contributed by atoms with van der Waals surface area (Å²) in [6.45, 7) is 5.16. The van der Waals surface area contributed by atoms with E-state index in [9.17, 15) is 19.8 Å². The molecule has 2 aromatic heterocycles. The van der Waals surface area contributed by atoms with Crippen LogP contribution in [0.5, 0.6) is 5.75 Å². The van der Waals surface area contributed by atoms with Crippen LogP contribution in [-0.2, 0) is 9.47 Å². The maximum Gasteiger partial charge on any atom is 0.360 e. The van der Waals surface area contributed by atoms with E-state index in [4.69, 9.17) is 18.6 Å². The van der Waals surface area contributed by atoms with Gasteiger partial charge in [-0.2, -0.15) is 0 Å². The highest BCUT2D eigenvalue weighted by Crippen LogP contribution is 2.35. The van der Waals surface area contributed by atoms with Crippen molar-refractivity contribution in [2.24, 2.45) is 0 Å². The van der Waals surface area contributed by atoms with E-state index in [0.717, 1.165) is 10.1 Å². The Bertz CT molecular complexity index is 1510. The summed E-state index contributed by atoms with van der Waals surface area (Å²) < 4.78 is 23.6. The van der Waals surface area contributed by atoms with Crippen LogP contribution >= 0.6 is 11.3 Å². The molecule has 0 unspecified atom stereocenters. The van der Waals surface area contributed by atoms with Gasteiger partial charge in [0.2, 0.25) is 6.29 Å². The molecule has 1 saturated heterocycles. The predicted molar refractivity (Wildman–Crippen MR) is 139 cm³/mol. The van der Waals surface area contributed by atoms with Crippen LogP contribution in [0.25, 0.3) is 21.1 Å². The summed E-state index contributed by atoms with van der Waals surface area (Å²) in [6, 6.07) is 14.3. The van der Waals surface area contributed by atoms with Crippen LogP contribution in [0.2, 0.25) is 0 Å². The fourth-order valence-electron chi connectivity index (χ4n) is 4.63. The summed E-state index contributed by atoms with van der Waals surface area (Å²) in [5.74, 6) is -0.0934. The van der Waals surface area contributed by atoms with Crippen LogP contribution < -0.4 is 15.7 Å². The number of carbonyl (C=O) groups is 1. The number of hydrogen-bond donors (Lipinski definition) is 3. The number of carbonyl (C=O) groups excluding carboxylic acids is 1. The van der Waals surface area contributed by atoms with Gasteiger partial charge in [0.25, 0.3) is 5.91 Å². The lowest BCUT2D eigenvalue weighted by Crippen LogP contribution is -2.63. The number of thiophene rings is 1. The van der Waals surface area contributed by atoms with Crippen LogP contribution in [-0.4, -0.2) is 53.4 Å². The second kappa shape index (κ2) is 9.55. The van der Waals surface area contributed by atoms with E-state index in [2.05, 4.69) is 5.32 Å². The molecule has 0 spiro atoms. The van der Waals surface area contributed by atoms with E-state index in [-0.39, 0.29) is 11.3 Å². The summed E-state index contributed by atoms with van der Waals surface area (Å²) in [5.41, 5.74) is -0.868. The number of aryl methyl sites for hydroxylation is 1. The number of anilines is 1. The van der Waals surface area contributed by atoms with Crippen LogP contribution in [0.4, 0.5) is 5.69 Å². The SMILES string of the molecule is CO[C@@H]1[C@@H](O)[C@@H](O)[C@H](Oc2ccc3cc(NC(=O)c4cc5ccccc5s4)c(=O)oc3c2C)OC1(C)C. The first-order valence-electron chi connectivity index (χ1n) is 11.7. The lowest BCUT2D eigenvalue weighted by atomic mass is 9.89. The predicted octanol–water partition coefficient (Wildman–Crippen LogP) is 3.82. The van der Waals surface area contributed by atoms with Gasteiger partial charge in [-0.3, -0.25) is 4.79 Å². The zero-order valence-electron chi connectivity index (χ0n) is 20.7.